The van der Waals surface area contributed by atoms with Crippen molar-refractivity contribution in [1.82, 2.24) is 5.32 Å². The lowest BCUT2D eigenvalue weighted by Gasteiger charge is -2.30. The van der Waals surface area contributed by atoms with Gasteiger partial charge < -0.3 is 10.4 Å². The van der Waals surface area contributed by atoms with Crippen molar-refractivity contribution >= 4 is 0 Å². The molecular formula is C12H15F2NO. The number of hydrogen-bond acceptors (Lipinski definition) is 2. The third kappa shape index (κ3) is 2.08. The molecular weight excluding hydrogens is 212 g/mol. The van der Waals surface area contributed by atoms with Crippen LogP contribution in [0.2, 0.25) is 0 Å². The number of aliphatic hydroxyl groups excluding tert-OH is 1. The minimum absolute atomic E-state index is 0.0793. The molecule has 1 atom stereocenters. The summed E-state index contributed by atoms with van der Waals surface area (Å²) in [4.78, 5) is 0. The molecule has 1 aromatic carbocycles. The van der Waals surface area contributed by atoms with Gasteiger partial charge in [0.25, 0.3) is 0 Å². The number of aliphatic hydroxyl groups is 1. The van der Waals surface area contributed by atoms with Gasteiger partial charge in [-0.25, -0.2) is 8.78 Å². The molecule has 1 saturated carbocycles. The van der Waals surface area contributed by atoms with Crippen molar-refractivity contribution in [1.29, 1.82) is 0 Å². The zero-order chi connectivity index (χ0) is 11.8. The molecule has 4 heteroatoms. The van der Waals surface area contributed by atoms with E-state index in [4.69, 9.17) is 0 Å². The molecule has 88 valence electrons. The van der Waals surface area contributed by atoms with E-state index in [1.807, 2.05) is 0 Å². The molecule has 0 bridgehead atoms. The first kappa shape index (κ1) is 11.5. The Bertz CT molecular complexity index is 372. The van der Waals surface area contributed by atoms with Crippen molar-refractivity contribution in [3.05, 3.63) is 35.4 Å². The fraction of sp³-hybridized carbons (Fsp3) is 0.500. The van der Waals surface area contributed by atoms with Gasteiger partial charge in [0.15, 0.2) is 0 Å². The van der Waals surface area contributed by atoms with Crippen LogP contribution >= 0.6 is 0 Å². The normalized spacial score (nSPS) is 19.5. The summed E-state index contributed by atoms with van der Waals surface area (Å²) in [6.07, 6.45) is 1.98. The topological polar surface area (TPSA) is 32.3 Å². The summed E-state index contributed by atoms with van der Waals surface area (Å²) in [6, 6.07) is 4.00. The maximum Gasteiger partial charge on any atom is 0.131 e. The van der Waals surface area contributed by atoms with Crippen molar-refractivity contribution in [3.8, 4) is 0 Å². The van der Waals surface area contributed by atoms with Gasteiger partial charge in [0.05, 0.1) is 12.1 Å². The third-order valence-electron chi connectivity index (χ3n) is 2.93. The average Bonchev–Trinajstić information content (AvgIpc) is 3.01. The highest BCUT2D eigenvalue weighted by Gasteiger charge is 2.37. The highest BCUT2D eigenvalue weighted by Crippen LogP contribution is 2.31. The van der Waals surface area contributed by atoms with Crippen molar-refractivity contribution < 1.29 is 13.9 Å². The SMILES string of the molecule is CC(CO)(NC1CC1)c1c(F)cccc1F. The van der Waals surface area contributed by atoms with Crippen LogP contribution < -0.4 is 5.32 Å². The van der Waals surface area contributed by atoms with Crippen LogP contribution in [0.3, 0.4) is 0 Å². The van der Waals surface area contributed by atoms with Crippen LogP contribution in [0.25, 0.3) is 0 Å². The third-order valence-corrected chi connectivity index (χ3v) is 2.93. The van der Waals surface area contributed by atoms with Gasteiger partial charge in [-0.2, -0.15) is 0 Å². The highest BCUT2D eigenvalue weighted by atomic mass is 19.1. The van der Waals surface area contributed by atoms with Crippen LogP contribution in [0.4, 0.5) is 8.78 Å². The van der Waals surface area contributed by atoms with Crippen LogP contribution in [0.1, 0.15) is 25.3 Å². The fourth-order valence-corrected chi connectivity index (χ4v) is 1.90. The molecule has 0 heterocycles. The predicted octanol–water partition coefficient (Wildman–Crippen LogP) is 1.92. The zero-order valence-corrected chi connectivity index (χ0v) is 9.13. The fourth-order valence-electron chi connectivity index (χ4n) is 1.90. The van der Waals surface area contributed by atoms with Crippen molar-refractivity contribution in [2.75, 3.05) is 6.61 Å². The number of hydrogen-bond donors (Lipinski definition) is 2. The molecule has 1 unspecified atom stereocenters. The first-order valence-corrected chi connectivity index (χ1v) is 5.40. The Morgan fingerprint density at radius 3 is 2.38 bits per heavy atom. The van der Waals surface area contributed by atoms with Gasteiger partial charge in [0, 0.05) is 11.6 Å². The van der Waals surface area contributed by atoms with Crippen LogP contribution in [-0.4, -0.2) is 17.8 Å². The van der Waals surface area contributed by atoms with E-state index in [9.17, 15) is 13.9 Å². The first-order valence-electron chi connectivity index (χ1n) is 5.40. The predicted molar refractivity (Wildman–Crippen MR) is 57.0 cm³/mol. The molecule has 1 fully saturated rings. The van der Waals surface area contributed by atoms with Crippen LogP contribution in [0.5, 0.6) is 0 Å². The van der Waals surface area contributed by atoms with Crippen molar-refractivity contribution in [2.45, 2.75) is 31.3 Å². The van der Waals surface area contributed by atoms with Gasteiger partial charge in [0.2, 0.25) is 0 Å². The Hall–Kier alpha value is -1.00. The second kappa shape index (κ2) is 4.11. The molecule has 1 aromatic rings. The summed E-state index contributed by atoms with van der Waals surface area (Å²) in [5.41, 5.74) is -1.12. The van der Waals surface area contributed by atoms with Crippen molar-refractivity contribution in [3.63, 3.8) is 0 Å². The Morgan fingerprint density at radius 1 is 1.38 bits per heavy atom. The minimum Gasteiger partial charge on any atom is -0.394 e. The maximum absolute atomic E-state index is 13.6. The molecule has 1 aliphatic carbocycles. The lowest BCUT2D eigenvalue weighted by Crippen LogP contribution is -2.45. The molecule has 2 nitrogen and oxygen atoms in total. The van der Waals surface area contributed by atoms with Crippen LogP contribution in [-0.2, 0) is 5.54 Å². The molecule has 0 aromatic heterocycles. The molecule has 0 spiro atoms. The molecule has 0 aliphatic heterocycles. The van der Waals surface area contributed by atoms with Crippen molar-refractivity contribution in [2.24, 2.45) is 0 Å². The van der Waals surface area contributed by atoms with Gasteiger partial charge in [-0.3, -0.25) is 0 Å². The quantitative estimate of drug-likeness (QED) is 0.823. The Kier molecular flexibility index (Phi) is 2.95. The summed E-state index contributed by atoms with van der Waals surface area (Å²) in [5.74, 6) is -1.24. The highest BCUT2D eigenvalue weighted by molar-refractivity contribution is 5.28. The first-order chi connectivity index (χ1) is 7.57. The summed E-state index contributed by atoms with van der Waals surface area (Å²) in [7, 11) is 0. The van der Waals surface area contributed by atoms with E-state index in [0.29, 0.717) is 0 Å². The summed E-state index contributed by atoms with van der Waals surface area (Å²) < 4.78 is 27.2. The van der Waals surface area contributed by atoms with E-state index in [0.717, 1.165) is 12.8 Å². The van der Waals surface area contributed by atoms with E-state index in [-0.39, 0.29) is 18.2 Å². The Labute approximate surface area is 93.3 Å². The number of halogens is 2. The lowest BCUT2D eigenvalue weighted by molar-refractivity contribution is 0.165. The smallest absolute Gasteiger partial charge is 0.131 e. The summed E-state index contributed by atoms with van der Waals surface area (Å²) >= 11 is 0. The van der Waals surface area contributed by atoms with E-state index >= 15 is 0 Å². The second-order valence-electron chi connectivity index (χ2n) is 4.51. The molecule has 16 heavy (non-hydrogen) atoms. The minimum atomic E-state index is -1.05. The monoisotopic (exact) mass is 227 g/mol. The van der Waals surface area contributed by atoms with E-state index < -0.39 is 17.2 Å². The van der Waals surface area contributed by atoms with E-state index in [1.54, 1.807) is 6.92 Å². The second-order valence-corrected chi connectivity index (χ2v) is 4.51. The van der Waals surface area contributed by atoms with Crippen LogP contribution in [0, 0.1) is 11.6 Å². The number of benzene rings is 1. The van der Waals surface area contributed by atoms with Gasteiger partial charge in [-0.15, -0.1) is 0 Å². The van der Waals surface area contributed by atoms with Gasteiger partial charge >= 0.3 is 0 Å². The van der Waals surface area contributed by atoms with Gasteiger partial charge in [-0.05, 0) is 31.9 Å². The average molecular weight is 227 g/mol. The number of nitrogens with one attached hydrogen (secondary N) is 1. The maximum atomic E-state index is 13.6. The van der Waals surface area contributed by atoms with E-state index in [1.165, 1.54) is 18.2 Å². The molecule has 2 rings (SSSR count). The van der Waals surface area contributed by atoms with Gasteiger partial charge in [-0.1, -0.05) is 6.07 Å². The Balaban J connectivity index is 2.37. The number of rotatable bonds is 4. The zero-order valence-electron chi connectivity index (χ0n) is 9.13. The molecule has 2 N–H and O–H groups in total. The molecule has 0 amide bonds. The lowest BCUT2D eigenvalue weighted by atomic mass is 9.91. The van der Waals surface area contributed by atoms with E-state index in [2.05, 4.69) is 5.32 Å². The summed E-state index contributed by atoms with van der Waals surface area (Å²) in [6.45, 7) is 1.29. The van der Waals surface area contributed by atoms with Gasteiger partial charge in [0.1, 0.15) is 11.6 Å². The van der Waals surface area contributed by atoms with Crippen LogP contribution in [0.15, 0.2) is 18.2 Å². The molecule has 0 radical (unpaired) electrons. The standard InChI is InChI=1S/C12H15F2NO/c1-12(7-16,15-8-5-6-8)11-9(13)3-2-4-10(11)14/h2-4,8,15-16H,5-7H2,1H3. The molecule has 1 aliphatic rings. The largest absolute Gasteiger partial charge is 0.394 e. The molecule has 0 saturated heterocycles. The Morgan fingerprint density at radius 2 is 1.94 bits per heavy atom. The summed E-state index contributed by atoms with van der Waals surface area (Å²) in [5, 5.41) is 12.5.